The van der Waals surface area contributed by atoms with Crippen LogP contribution in [0.15, 0.2) is 0 Å². The number of unbranched alkanes of at least 4 members (excludes halogenated alkanes) is 1. The Labute approximate surface area is 107 Å². The number of nitrogens with one attached hydrogen (secondary N) is 1. The molecular formula is C14H30N2O. The predicted molar refractivity (Wildman–Crippen MR) is 73.4 cm³/mol. The first kappa shape index (κ1) is 14.9. The Morgan fingerprint density at radius 3 is 2.59 bits per heavy atom. The Kier molecular flexibility index (Phi) is 7.82. The molecule has 1 saturated heterocycles. The van der Waals surface area contributed by atoms with Gasteiger partial charge in [0.05, 0.1) is 0 Å². The zero-order chi connectivity index (χ0) is 12.5. The standard InChI is InChI=1S/C14H30N2O/c1-13(15-2)6-4-5-9-16-10-7-14(8-11-16)12-17-3/h13-15H,4-12H2,1-3H3. The second-order valence-electron chi connectivity index (χ2n) is 5.43. The average molecular weight is 242 g/mol. The molecule has 0 amide bonds. The van der Waals surface area contributed by atoms with Gasteiger partial charge in [0.15, 0.2) is 0 Å². The van der Waals surface area contributed by atoms with Crippen LogP contribution in [0.5, 0.6) is 0 Å². The van der Waals surface area contributed by atoms with Gasteiger partial charge in [-0.15, -0.1) is 0 Å². The van der Waals surface area contributed by atoms with E-state index < -0.39 is 0 Å². The minimum atomic E-state index is 0.669. The number of nitrogens with zero attached hydrogens (tertiary/aromatic N) is 1. The van der Waals surface area contributed by atoms with Crippen molar-refractivity contribution in [1.29, 1.82) is 0 Å². The van der Waals surface area contributed by atoms with Gasteiger partial charge in [-0.1, -0.05) is 6.42 Å². The number of likely N-dealkylation sites (tertiary alicyclic amines) is 1. The van der Waals surface area contributed by atoms with Crippen LogP contribution in [0, 0.1) is 5.92 Å². The number of hydrogen-bond acceptors (Lipinski definition) is 3. The summed E-state index contributed by atoms with van der Waals surface area (Å²) >= 11 is 0. The molecule has 0 aliphatic carbocycles. The van der Waals surface area contributed by atoms with Gasteiger partial charge < -0.3 is 15.0 Å². The Hall–Kier alpha value is -0.120. The quantitative estimate of drug-likeness (QED) is 0.660. The molecule has 0 aromatic rings. The van der Waals surface area contributed by atoms with Crippen molar-refractivity contribution in [3.63, 3.8) is 0 Å². The number of piperidine rings is 1. The molecule has 0 radical (unpaired) electrons. The highest BCUT2D eigenvalue weighted by Crippen LogP contribution is 2.17. The Bertz CT molecular complexity index is 179. The van der Waals surface area contributed by atoms with Crippen LogP contribution in [0.4, 0.5) is 0 Å². The van der Waals surface area contributed by atoms with E-state index in [1.807, 2.05) is 14.2 Å². The van der Waals surface area contributed by atoms with Crippen LogP contribution in [0.25, 0.3) is 0 Å². The number of hydrogen-bond donors (Lipinski definition) is 1. The number of methoxy groups -OCH3 is 1. The number of rotatable bonds is 8. The SMILES string of the molecule is CNC(C)CCCCN1CCC(COC)CC1. The molecule has 1 heterocycles. The van der Waals surface area contributed by atoms with Crippen LogP contribution in [0.2, 0.25) is 0 Å². The fourth-order valence-corrected chi connectivity index (χ4v) is 2.54. The summed E-state index contributed by atoms with van der Waals surface area (Å²) < 4.78 is 5.23. The van der Waals surface area contributed by atoms with Crippen molar-refractivity contribution in [2.24, 2.45) is 5.92 Å². The van der Waals surface area contributed by atoms with Gasteiger partial charge in [-0.3, -0.25) is 0 Å². The summed E-state index contributed by atoms with van der Waals surface area (Å²) in [6.45, 7) is 7.05. The van der Waals surface area contributed by atoms with E-state index in [2.05, 4.69) is 17.1 Å². The monoisotopic (exact) mass is 242 g/mol. The lowest BCUT2D eigenvalue weighted by Gasteiger charge is -2.31. The molecule has 0 bridgehead atoms. The molecule has 0 aromatic carbocycles. The molecule has 0 aromatic heterocycles. The molecule has 1 atom stereocenters. The lowest BCUT2D eigenvalue weighted by Crippen LogP contribution is -2.35. The van der Waals surface area contributed by atoms with E-state index in [0.29, 0.717) is 6.04 Å². The maximum atomic E-state index is 5.23. The summed E-state index contributed by atoms with van der Waals surface area (Å²) in [5.74, 6) is 0.806. The first-order valence-electron chi connectivity index (χ1n) is 7.14. The summed E-state index contributed by atoms with van der Waals surface area (Å²) in [6.07, 6.45) is 6.64. The van der Waals surface area contributed by atoms with Crippen molar-refractivity contribution in [1.82, 2.24) is 10.2 Å². The molecule has 102 valence electrons. The topological polar surface area (TPSA) is 24.5 Å². The van der Waals surface area contributed by atoms with Gasteiger partial charge in [-0.25, -0.2) is 0 Å². The molecule has 1 fully saturated rings. The highest BCUT2D eigenvalue weighted by Gasteiger charge is 2.18. The van der Waals surface area contributed by atoms with Gasteiger partial charge in [0.25, 0.3) is 0 Å². The van der Waals surface area contributed by atoms with Crippen molar-refractivity contribution in [2.45, 2.75) is 45.1 Å². The van der Waals surface area contributed by atoms with Crippen molar-refractivity contribution in [2.75, 3.05) is 40.4 Å². The predicted octanol–water partition coefficient (Wildman–Crippen LogP) is 2.12. The molecular weight excluding hydrogens is 212 g/mol. The summed E-state index contributed by atoms with van der Waals surface area (Å²) in [5, 5.41) is 3.30. The zero-order valence-electron chi connectivity index (χ0n) is 11.9. The smallest absolute Gasteiger partial charge is 0.0491 e. The van der Waals surface area contributed by atoms with E-state index >= 15 is 0 Å². The molecule has 1 unspecified atom stereocenters. The van der Waals surface area contributed by atoms with E-state index in [4.69, 9.17) is 4.74 Å². The van der Waals surface area contributed by atoms with Gasteiger partial charge in [-0.2, -0.15) is 0 Å². The van der Waals surface area contributed by atoms with Crippen LogP contribution in [-0.4, -0.2) is 51.3 Å². The minimum absolute atomic E-state index is 0.669. The highest BCUT2D eigenvalue weighted by atomic mass is 16.5. The van der Waals surface area contributed by atoms with Gasteiger partial charge in [0.2, 0.25) is 0 Å². The molecule has 0 spiro atoms. The molecule has 1 aliphatic rings. The second-order valence-corrected chi connectivity index (χ2v) is 5.43. The molecule has 1 aliphatic heterocycles. The Morgan fingerprint density at radius 1 is 1.29 bits per heavy atom. The second kappa shape index (κ2) is 8.90. The minimum Gasteiger partial charge on any atom is -0.384 e. The molecule has 0 saturated carbocycles. The fourth-order valence-electron chi connectivity index (χ4n) is 2.54. The summed E-state index contributed by atoms with van der Waals surface area (Å²) in [5.41, 5.74) is 0. The molecule has 3 heteroatoms. The van der Waals surface area contributed by atoms with Gasteiger partial charge in [0.1, 0.15) is 0 Å². The van der Waals surface area contributed by atoms with Crippen LogP contribution in [-0.2, 0) is 4.74 Å². The average Bonchev–Trinajstić information content (AvgIpc) is 2.36. The van der Waals surface area contributed by atoms with E-state index in [9.17, 15) is 0 Å². The van der Waals surface area contributed by atoms with E-state index in [1.54, 1.807) is 0 Å². The van der Waals surface area contributed by atoms with Gasteiger partial charge in [-0.05, 0) is 65.2 Å². The molecule has 1 N–H and O–H groups in total. The van der Waals surface area contributed by atoms with Crippen molar-refractivity contribution >= 4 is 0 Å². The fraction of sp³-hybridized carbons (Fsp3) is 1.00. The lowest BCUT2D eigenvalue weighted by molar-refractivity contribution is 0.0987. The number of ether oxygens (including phenoxy) is 1. The summed E-state index contributed by atoms with van der Waals surface area (Å²) in [7, 11) is 3.86. The van der Waals surface area contributed by atoms with Crippen molar-refractivity contribution in [3.05, 3.63) is 0 Å². The van der Waals surface area contributed by atoms with Gasteiger partial charge >= 0.3 is 0 Å². The maximum Gasteiger partial charge on any atom is 0.0491 e. The molecule has 17 heavy (non-hydrogen) atoms. The first-order valence-corrected chi connectivity index (χ1v) is 7.14. The van der Waals surface area contributed by atoms with E-state index in [-0.39, 0.29) is 0 Å². The van der Waals surface area contributed by atoms with E-state index in [0.717, 1.165) is 12.5 Å². The van der Waals surface area contributed by atoms with E-state index in [1.165, 1.54) is 51.7 Å². The maximum absolute atomic E-state index is 5.23. The van der Waals surface area contributed by atoms with Crippen molar-refractivity contribution in [3.8, 4) is 0 Å². The third-order valence-electron chi connectivity index (χ3n) is 3.96. The van der Waals surface area contributed by atoms with Crippen LogP contribution in [0.3, 0.4) is 0 Å². The third kappa shape index (κ3) is 6.39. The van der Waals surface area contributed by atoms with Crippen LogP contribution in [0.1, 0.15) is 39.0 Å². The third-order valence-corrected chi connectivity index (χ3v) is 3.96. The van der Waals surface area contributed by atoms with Gasteiger partial charge in [0, 0.05) is 19.8 Å². The Morgan fingerprint density at radius 2 is 2.00 bits per heavy atom. The summed E-state index contributed by atoms with van der Waals surface area (Å²) in [4.78, 5) is 2.62. The highest BCUT2D eigenvalue weighted by molar-refractivity contribution is 4.72. The largest absolute Gasteiger partial charge is 0.384 e. The Balaban J connectivity index is 1.99. The van der Waals surface area contributed by atoms with Crippen LogP contribution < -0.4 is 5.32 Å². The summed E-state index contributed by atoms with van der Waals surface area (Å²) in [6, 6.07) is 0.669. The lowest BCUT2D eigenvalue weighted by atomic mass is 9.97. The normalized spacial score (nSPS) is 20.6. The van der Waals surface area contributed by atoms with Crippen LogP contribution >= 0.6 is 0 Å². The molecule has 1 rings (SSSR count). The molecule has 3 nitrogen and oxygen atoms in total. The van der Waals surface area contributed by atoms with Crippen molar-refractivity contribution < 1.29 is 4.74 Å². The zero-order valence-corrected chi connectivity index (χ0v) is 11.9. The first-order chi connectivity index (χ1) is 8.26.